The van der Waals surface area contributed by atoms with Gasteiger partial charge in [-0.3, -0.25) is 9.78 Å². The first kappa shape index (κ1) is 18.3. The molecule has 0 spiro atoms. The highest BCUT2D eigenvalue weighted by atomic mass is 16.2. The van der Waals surface area contributed by atoms with Crippen molar-refractivity contribution >= 4 is 11.7 Å². The zero-order chi connectivity index (χ0) is 18.4. The summed E-state index contributed by atoms with van der Waals surface area (Å²) in [4.78, 5) is 27.7. The fraction of sp³-hybridized carbons (Fsp3) is 0.450. The summed E-state index contributed by atoms with van der Waals surface area (Å²) in [5.74, 6) is 0.934. The molecule has 0 saturated carbocycles. The monoisotopic (exact) mass is 353 g/mol. The first-order valence-corrected chi connectivity index (χ1v) is 9.25. The highest BCUT2D eigenvalue weighted by molar-refractivity contribution is 5.95. The van der Waals surface area contributed by atoms with Crippen LogP contribution in [0, 0.1) is 0 Å². The van der Waals surface area contributed by atoms with Crippen LogP contribution in [0.25, 0.3) is 0 Å². The predicted molar refractivity (Wildman–Crippen MR) is 103 cm³/mol. The Kier molecular flexibility index (Phi) is 6.17. The number of anilines is 1. The lowest BCUT2D eigenvalue weighted by atomic mass is 10.2. The second-order valence-corrected chi connectivity index (χ2v) is 6.66. The van der Waals surface area contributed by atoms with Crippen LogP contribution in [0.3, 0.4) is 0 Å². The van der Waals surface area contributed by atoms with Gasteiger partial charge in [-0.2, -0.15) is 0 Å². The number of amides is 1. The Morgan fingerprint density at radius 2 is 1.85 bits per heavy atom. The van der Waals surface area contributed by atoms with Crippen LogP contribution in [0.4, 0.5) is 5.82 Å². The van der Waals surface area contributed by atoms with E-state index < -0.39 is 0 Å². The van der Waals surface area contributed by atoms with Crippen molar-refractivity contribution in [2.24, 2.45) is 0 Å². The topological polar surface area (TPSA) is 52.6 Å². The Balaban J connectivity index is 1.61. The number of likely N-dealkylation sites (N-methyl/N-ethyl adjacent to an activating group) is 2. The van der Waals surface area contributed by atoms with Crippen molar-refractivity contribution in [2.75, 3.05) is 51.2 Å². The van der Waals surface area contributed by atoms with Crippen molar-refractivity contribution in [3.63, 3.8) is 0 Å². The van der Waals surface area contributed by atoms with Crippen LogP contribution in [0.2, 0.25) is 0 Å². The van der Waals surface area contributed by atoms with Gasteiger partial charge in [0.25, 0.3) is 5.91 Å². The van der Waals surface area contributed by atoms with Crippen molar-refractivity contribution in [1.82, 2.24) is 19.8 Å². The first-order chi connectivity index (χ1) is 12.7. The van der Waals surface area contributed by atoms with E-state index in [9.17, 15) is 4.79 Å². The van der Waals surface area contributed by atoms with Gasteiger partial charge in [0.1, 0.15) is 5.82 Å². The van der Waals surface area contributed by atoms with E-state index in [0.29, 0.717) is 0 Å². The van der Waals surface area contributed by atoms with Crippen LogP contribution < -0.4 is 4.90 Å². The average Bonchev–Trinajstić information content (AvgIpc) is 2.72. The van der Waals surface area contributed by atoms with E-state index in [1.54, 1.807) is 6.20 Å². The van der Waals surface area contributed by atoms with Crippen molar-refractivity contribution in [2.45, 2.75) is 13.3 Å². The molecule has 0 atom stereocenters. The minimum Gasteiger partial charge on any atom is -0.359 e. The summed E-state index contributed by atoms with van der Waals surface area (Å²) in [5.41, 5.74) is 1.96. The Labute approximate surface area is 155 Å². The summed E-state index contributed by atoms with van der Waals surface area (Å²) in [6, 6.07) is 7.77. The molecule has 0 aromatic carbocycles. The number of hydrogen-bond donors (Lipinski definition) is 0. The van der Waals surface area contributed by atoms with Crippen LogP contribution >= 0.6 is 0 Å². The molecule has 3 heterocycles. The standard InChI is InChI=1S/C20H27N5O/c1-3-24-12-14-25(15-13-24)20(26)18-6-10-22-19(16-18)23(2)11-7-17-4-8-21-9-5-17/h4-6,8-10,16H,3,7,11-15H2,1-2H3. The number of piperazine rings is 1. The SMILES string of the molecule is CCN1CCN(C(=O)c2ccnc(N(C)CCc3ccncc3)c2)CC1. The van der Waals surface area contributed by atoms with Gasteiger partial charge in [0.2, 0.25) is 0 Å². The molecular formula is C20H27N5O. The molecule has 138 valence electrons. The van der Waals surface area contributed by atoms with Gasteiger partial charge in [0.15, 0.2) is 0 Å². The van der Waals surface area contributed by atoms with E-state index >= 15 is 0 Å². The number of carbonyl (C=O) groups is 1. The number of rotatable bonds is 6. The second-order valence-electron chi connectivity index (χ2n) is 6.66. The molecule has 0 unspecified atom stereocenters. The van der Waals surface area contributed by atoms with E-state index in [2.05, 4.69) is 26.7 Å². The molecule has 26 heavy (non-hydrogen) atoms. The lowest BCUT2D eigenvalue weighted by Crippen LogP contribution is -2.48. The Morgan fingerprint density at radius 3 is 2.54 bits per heavy atom. The quantitative estimate of drug-likeness (QED) is 0.794. The Bertz CT molecular complexity index is 713. The zero-order valence-electron chi connectivity index (χ0n) is 15.6. The van der Waals surface area contributed by atoms with Crippen LogP contribution in [-0.4, -0.2) is 72.0 Å². The zero-order valence-corrected chi connectivity index (χ0v) is 15.6. The summed E-state index contributed by atoms with van der Waals surface area (Å²) in [6.07, 6.45) is 6.27. The molecule has 1 fully saturated rings. The summed E-state index contributed by atoms with van der Waals surface area (Å²) < 4.78 is 0. The lowest BCUT2D eigenvalue weighted by Gasteiger charge is -2.34. The van der Waals surface area contributed by atoms with Gasteiger partial charge >= 0.3 is 0 Å². The van der Waals surface area contributed by atoms with Crippen molar-refractivity contribution < 1.29 is 4.79 Å². The molecule has 0 bridgehead atoms. The van der Waals surface area contributed by atoms with Crippen LogP contribution in [0.1, 0.15) is 22.8 Å². The molecule has 0 N–H and O–H groups in total. The van der Waals surface area contributed by atoms with E-state index in [0.717, 1.165) is 57.1 Å². The molecule has 3 rings (SSSR count). The van der Waals surface area contributed by atoms with E-state index in [1.807, 2.05) is 48.6 Å². The van der Waals surface area contributed by atoms with Gasteiger partial charge in [0.05, 0.1) is 0 Å². The van der Waals surface area contributed by atoms with Crippen LogP contribution in [-0.2, 0) is 6.42 Å². The summed E-state index contributed by atoms with van der Waals surface area (Å²) in [6.45, 7) is 7.53. The number of pyridine rings is 2. The lowest BCUT2D eigenvalue weighted by molar-refractivity contribution is 0.0643. The van der Waals surface area contributed by atoms with Crippen molar-refractivity contribution in [1.29, 1.82) is 0 Å². The van der Waals surface area contributed by atoms with E-state index in [1.165, 1.54) is 5.56 Å². The summed E-state index contributed by atoms with van der Waals surface area (Å²) in [5, 5.41) is 0. The molecule has 6 nitrogen and oxygen atoms in total. The predicted octanol–water partition coefficient (Wildman–Crippen LogP) is 1.93. The van der Waals surface area contributed by atoms with Crippen LogP contribution in [0.5, 0.6) is 0 Å². The number of aromatic nitrogens is 2. The molecule has 1 aliphatic rings. The molecule has 1 amide bonds. The summed E-state index contributed by atoms with van der Waals surface area (Å²) >= 11 is 0. The van der Waals surface area contributed by atoms with E-state index in [-0.39, 0.29) is 5.91 Å². The molecular weight excluding hydrogens is 326 g/mol. The maximum Gasteiger partial charge on any atom is 0.254 e. The smallest absolute Gasteiger partial charge is 0.254 e. The summed E-state index contributed by atoms with van der Waals surface area (Å²) in [7, 11) is 2.01. The molecule has 0 aliphatic carbocycles. The first-order valence-electron chi connectivity index (χ1n) is 9.25. The van der Waals surface area contributed by atoms with Gasteiger partial charge in [-0.25, -0.2) is 4.98 Å². The van der Waals surface area contributed by atoms with Crippen molar-refractivity contribution in [3.05, 3.63) is 54.0 Å². The van der Waals surface area contributed by atoms with Crippen molar-refractivity contribution in [3.8, 4) is 0 Å². The number of nitrogens with zero attached hydrogens (tertiary/aromatic N) is 5. The fourth-order valence-corrected chi connectivity index (χ4v) is 3.17. The van der Waals surface area contributed by atoms with Gasteiger partial charge in [-0.15, -0.1) is 0 Å². The average molecular weight is 353 g/mol. The third-order valence-corrected chi connectivity index (χ3v) is 4.98. The molecule has 2 aromatic rings. The second kappa shape index (κ2) is 8.76. The molecule has 6 heteroatoms. The van der Waals surface area contributed by atoms with Crippen LogP contribution in [0.15, 0.2) is 42.9 Å². The third-order valence-electron chi connectivity index (χ3n) is 4.98. The molecule has 0 radical (unpaired) electrons. The Morgan fingerprint density at radius 1 is 1.12 bits per heavy atom. The maximum atomic E-state index is 12.8. The van der Waals surface area contributed by atoms with Gasteiger partial charge < -0.3 is 14.7 Å². The van der Waals surface area contributed by atoms with Gasteiger partial charge in [-0.05, 0) is 42.8 Å². The van der Waals surface area contributed by atoms with Gasteiger partial charge in [-0.1, -0.05) is 6.92 Å². The minimum absolute atomic E-state index is 0.104. The number of hydrogen-bond acceptors (Lipinski definition) is 5. The maximum absolute atomic E-state index is 12.8. The van der Waals surface area contributed by atoms with E-state index in [4.69, 9.17) is 0 Å². The molecule has 2 aromatic heterocycles. The molecule has 1 saturated heterocycles. The fourth-order valence-electron chi connectivity index (χ4n) is 3.17. The van der Waals surface area contributed by atoms with Gasteiger partial charge in [0, 0.05) is 63.9 Å². The third kappa shape index (κ3) is 4.58. The Hall–Kier alpha value is -2.47. The normalized spacial score (nSPS) is 15.1. The largest absolute Gasteiger partial charge is 0.359 e. The number of carbonyl (C=O) groups excluding carboxylic acids is 1. The minimum atomic E-state index is 0.104. The highest BCUT2D eigenvalue weighted by Gasteiger charge is 2.21. The highest BCUT2D eigenvalue weighted by Crippen LogP contribution is 2.15. The molecule has 1 aliphatic heterocycles.